The molecular weight excluding hydrogens is 368 g/mol. The average molecular weight is 394 g/mol. The molecule has 7 nitrogen and oxygen atoms in total. The molecule has 1 amide bonds. The Morgan fingerprint density at radius 1 is 1.11 bits per heavy atom. The Morgan fingerprint density at radius 3 is 2.33 bits per heavy atom. The van der Waals surface area contributed by atoms with Crippen LogP contribution in [0.2, 0.25) is 0 Å². The van der Waals surface area contributed by atoms with E-state index in [1.54, 1.807) is 32.9 Å². The zero-order valence-electron chi connectivity index (χ0n) is 16.2. The number of allylic oxidation sites excluding steroid dienone is 1. The molecule has 0 aliphatic carbocycles. The van der Waals surface area contributed by atoms with Gasteiger partial charge in [0.05, 0.1) is 4.90 Å². The summed E-state index contributed by atoms with van der Waals surface area (Å²) in [5.74, 6) is -0.881. The van der Waals surface area contributed by atoms with Gasteiger partial charge in [0, 0.05) is 32.3 Å². The van der Waals surface area contributed by atoms with Crippen LogP contribution in [-0.2, 0) is 24.3 Å². The molecule has 0 N–H and O–H groups in total. The number of ether oxygens (including phenoxy) is 1. The minimum atomic E-state index is -3.60. The molecule has 0 bridgehead atoms. The van der Waals surface area contributed by atoms with Gasteiger partial charge in [-0.3, -0.25) is 4.79 Å². The van der Waals surface area contributed by atoms with Gasteiger partial charge >= 0.3 is 5.97 Å². The zero-order valence-corrected chi connectivity index (χ0v) is 17.0. The first kappa shape index (κ1) is 21.1. The summed E-state index contributed by atoms with van der Waals surface area (Å²) in [6.45, 7) is 7.77. The molecule has 1 heterocycles. The highest BCUT2D eigenvalue weighted by Gasteiger charge is 2.31. The Kier molecular flexibility index (Phi) is 6.78. The lowest BCUT2D eigenvalue weighted by Gasteiger charge is -2.34. The standard InChI is InChI=1S/C19H26N2O5S/c1-14(2)11-19(23)26-13-18(22)20-7-9-21(10-8-20)27(24,25)17-12-15(3)5-6-16(17)4/h5-6,11-12H,7-10,13H2,1-4H3. The van der Waals surface area contributed by atoms with E-state index < -0.39 is 16.0 Å². The molecule has 148 valence electrons. The van der Waals surface area contributed by atoms with Gasteiger partial charge in [-0.2, -0.15) is 4.31 Å². The fraction of sp³-hybridized carbons (Fsp3) is 0.474. The third-order valence-electron chi connectivity index (χ3n) is 4.30. The van der Waals surface area contributed by atoms with Crippen molar-refractivity contribution >= 4 is 21.9 Å². The molecule has 0 radical (unpaired) electrons. The van der Waals surface area contributed by atoms with E-state index in [1.807, 2.05) is 13.0 Å². The lowest BCUT2D eigenvalue weighted by atomic mass is 10.2. The number of hydrogen-bond acceptors (Lipinski definition) is 5. The van der Waals surface area contributed by atoms with Crippen molar-refractivity contribution < 1.29 is 22.7 Å². The Labute approximate surface area is 160 Å². The number of nitrogens with zero attached hydrogens (tertiary/aromatic N) is 2. The lowest BCUT2D eigenvalue weighted by molar-refractivity contribution is -0.148. The monoisotopic (exact) mass is 394 g/mol. The molecule has 0 aromatic heterocycles. The van der Waals surface area contributed by atoms with Crippen molar-refractivity contribution in [3.63, 3.8) is 0 Å². The molecule has 1 aromatic rings. The van der Waals surface area contributed by atoms with E-state index in [0.29, 0.717) is 10.5 Å². The molecule has 1 aliphatic heterocycles. The summed E-state index contributed by atoms with van der Waals surface area (Å²) in [7, 11) is -3.60. The van der Waals surface area contributed by atoms with Crippen LogP contribution < -0.4 is 0 Å². The van der Waals surface area contributed by atoms with Crippen LogP contribution in [0.5, 0.6) is 0 Å². The molecule has 1 fully saturated rings. The minimum Gasteiger partial charge on any atom is -0.452 e. The van der Waals surface area contributed by atoms with Gasteiger partial charge in [-0.1, -0.05) is 17.7 Å². The third-order valence-corrected chi connectivity index (χ3v) is 6.34. The van der Waals surface area contributed by atoms with Crippen LogP contribution >= 0.6 is 0 Å². The second-order valence-electron chi connectivity index (χ2n) is 6.88. The van der Waals surface area contributed by atoms with Crippen molar-refractivity contribution in [2.75, 3.05) is 32.8 Å². The highest BCUT2D eigenvalue weighted by atomic mass is 32.2. The van der Waals surface area contributed by atoms with Crippen LogP contribution in [0.15, 0.2) is 34.7 Å². The van der Waals surface area contributed by atoms with Crippen molar-refractivity contribution in [2.45, 2.75) is 32.6 Å². The van der Waals surface area contributed by atoms with E-state index in [9.17, 15) is 18.0 Å². The largest absolute Gasteiger partial charge is 0.452 e. The summed E-state index contributed by atoms with van der Waals surface area (Å²) in [4.78, 5) is 25.5. The highest BCUT2D eigenvalue weighted by Crippen LogP contribution is 2.22. The van der Waals surface area contributed by atoms with E-state index >= 15 is 0 Å². The molecular formula is C19H26N2O5S. The van der Waals surface area contributed by atoms with Crippen molar-refractivity contribution in [3.05, 3.63) is 41.0 Å². The second-order valence-corrected chi connectivity index (χ2v) is 8.79. The second kappa shape index (κ2) is 8.67. The maximum atomic E-state index is 12.9. The Bertz CT molecular complexity index is 849. The Hall–Kier alpha value is -2.19. The van der Waals surface area contributed by atoms with Crippen LogP contribution in [-0.4, -0.2) is 62.3 Å². The Balaban J connectivity index is 1.96. The number of sulfonamides is 1. The topological polar surface area (TPSA) is 84.0 Å². The summed E-state index contributed by atoms with van der Waals surface area (Å²) in [6, 6.07) is 5.34. The molecule has 27 heavy (non-hydrogen) atoms. The lowest BCUT2D eigenvalue weighted by Crippen LogP contribution is -2.51. The fourth-order valence-electron chi connectivity index (χ4n) is 2.80. The number of benzene rings is 1. The van der Waals surface area contributed by atoms with Crippen molar-refractivity contribution in [3.8, 4) is 0 Å². The van der Waals surface area contributed by atoms with Crippen molar-refractivity contribution in [1.82, 2.24) is 9.21 Å². The number of amides is 1. The first-order valence-corrected chi connectivity index (χ1v) is 10.2. The number of esters is 1. The number of rotatable bonds is 5. The van der Waals surface area contributed by atoms with Gasteiger partial charge in [-0.25, -0.2) is 13.2 Å². The first-order valence-electron chi connectivity index (χ1n) is 8.78. The number of aryl methyl sites for hydroxylation is 2. The summed E-state index contributed by atoms with van der Waals surface area (Å²) < 4.78 is 32.1. The maximum Gasteiger partial charge on any atom is 0.331 e. The zero-order chi connectivity index (χ0) is 20.2. The molecule has 1 saturated heterocycles. The minimum absolute atomic E-state index is 0.212. The van der Waals surface area contributed by atoms with Crippen molar-refractivity contribution in [1.29, 1.82) is 0 Å². The predicted octanol–water partition coefficient (Wildman–Crippen LogP) is 1.65. The molecule has 0 spiro atoms. The number of carbonyl (C=O) groups excluding carboxylic acids is 2. The molecule has 2 rings (SSSR count). The molecule has 0 saturated carbocycles. The van der Waals surface area contributed by atoms with Gasteiger partial charge in [0.15, 0.2) is 6.61 Å². The summed E-state index contributed by atoms with van der Waals surface area (Å²) in [6.07, 6.45) is 1.32. The molecule has 8 heteroatoms. The summed E-state index contributed by atoms with van der Waals surface area (Å²) in [5.41, 5.74) is 2.37. The normalized spacial score (nSPS) is 15.3. The SMILES string of the molecule is CC(C)=CC(=O)OCC(=O)N1CCN(S(=O)(=O)c2cc(C)ccc2C)CC1. The molecule has 0 unspecified atom stereocenters. The fourth-order valence-corrected chi connectivity index (χ4v) is 4.54. The van der Waals surface area contributed by atoms with E-state index in [0.717, 1.165) is 11.1 Å². The van der Waals surface area contributed by atoms with Gasteiger partial charge in [0.25, 0.3) is 5.91 Å². The molecule has 1 aliphatic rings. The van der Waals surface area contributed by atoms with E-state index in [-0.39, 0.29) is 38.7 Å². The Morgan fingerprint density at radius 2 is 1.74 bits per heavy atom. The summed E-state index contributed by atoms with van der Waals surface area (Å²) in [5, 5.41) is 0. The van der Waals surface area contributed by atoms with Gasteiger partial charge < -0.3 is 9.64 Å². The maximum absolute atomic E-state index is 12.9. The van der Waals surface area contributed by atoms with Crippen LogP contribution in [0.3, 0.4) is 0 Å². The van der Waals surface area contributed by atoms with Crippen LogP contribution in [0.4, 0.5) is 0 Å². The van der Waals surface area contributed by atoms with Gasteiger partial charge in [-0.15, -0.1) is 0 Å². The molecule has 0 atom stereocenters. The van der Waals surface area contributed by atoms with E-state index in [4.69, 9.17) is 4.74 Å². The van der Waals surface area contributed by atoms with E-state index in [1.165, 1.54) is 15.3 Å². The number of piperazine rings is 1. The number of hydrogen-bond donors (Lipinski definition) is 0. The van der Waals surface area contributed by atoms with Crippen LogP contribution in [0, 0.1) is 13.8 Å². The molecule has 1 aromatic carbocycles. The van der Waals surface area contributed by atoms with Crippen molar-refractivity contribution in [2.24, 2.45) is 0 Å². The number of carbonyl (C=O) groups is 2. The van der Waals surface area contributed by atoms with Gasteiger partial charge in [0.1, 0.15) is 0 Å². The quantitative estimate of drug-likeness (QED) is 0.560. The van der Waals surface area contributed by atoms with Crippen LogP contribution in [0.25, 0.3) is 0 Å². The highest BCUT2D eigenvalue weighted by molar-refractivity contribution is 7.89. The predicted molar refractivity (Wildman–Crippen MR) is 102 cm³/mol. The van der Waals surface area contributed by atoms with Crippen LogP contribution in [0.1, 0.15) is 25.0 Å². The smallest absolute Gasteiger partial charge is 0.331 e. The average Bonchev–Trinajstić information content (AvgIpc) is 2.61. The summed E-state index contributed by atoms with van der Waals surface area (Å²) >= 11 is 0. The third kappa shape index (κ3) is 5.40. The van der Waals surface area contributed by atoms with E-state index in [2.05, 4.69) is 0 Å². The first-order chi connectivity index (χ1) is 12.6. The van der Waals surface area contributed by atoms with Gasteiger partial charge in [0.2, 0.25) is 10.0 Å². The van der Waals surface area contributed by atoms with Gasteiger partial charge in [-0.05, 0) is 44.9 Å².